The van der Waals surface area contributed by atoms with Gasteiger partial charge in [0.05, 0.1) is 26.0 Å². The summed E-state index contributed by atoms with van der Waals surface area (Å²) >= 11 is 21.6. The van der Waals surface area contributed by atoms with Gasteiger partial charge in [-0.15, -0.1) is 13.2 Å². The summed E-state index contributed by atoms with van der Waals surface area (Å²) in [5.74, 6) is 0.167. The molecule has 0 aliphatic carbocycles. The molecule has 14 nitrogen and oxygen atoms in total. The number of allylic oxidation sites excluding steroid dienone is 1. The molecule has 0 aliphatic rings. The third-order valence-electron chi connectivity index (χ3n) is 7.84. The molecule has 5 N–H and O–H groups in total. The Labute approximate surface area is 742 Å². The maximum atomic E-state index is 10.5. The molecule has 97 heavy (non-hydrogen) atoms. The van der Waals surface area contributed by atoms with Crippen molar-refractivity contribution in [3.8, 4) is 0 Å². The zero-order valence-electron chi connectivity index (χ0n) is 67.1. The van der Waals surface area contributed by atoms with E-state index in [1.165, 1.54) is 44.0 Å². The van der Waals surface area contributed by atoms with E-state index in [1.807, 2.05) is 6.08 Å². The molecular formula is C70H158I9N7O7SV3-3. The van der Waals surface area contributed by atoms with Gasteiger partial charge in [-0.2, -0.15) is 29.2 Å². The maximum Gasteiger partial charge on any atom is 0 e. The van der Waals surface area contributed by atoms with Crippen LogP contribution < -0.4 is 5.73 Å². The van der Waals surface area contributed by atoms with Gasteiger partial charge in [0.1, 0.15) is 5.78 Å². The molecule has 0 heterocycles. The number of rotatable bonds is 20. The van der Waals surface area contributed by atoms with E-state index < -0.39 is 21.3 Å². The number of hydrogen-bond acceptors (Lipinski definition) is 10. The topological polar surface area (TPSA) is 245 Å². The van der Waals surface area contributed by atoms with Crippen molar-refractivity contribution in [2.24, 2.45) is 43.0 Å². The summed E-state index contributed by atoms with van der Waals surface area (Å²) in [4.78, 5) is 14.4. The minimum Gasteiger partial charge on any atom is 0 e. The van der Waals surface area contributed by atoms with E-state index in [9.17, 15) is 18.3 Å². The van der Waals surface area contributed by atoms with Crippen molar-refractivity contribution in [3.05, 3.63) is 67.0 Å². The van der Waals surface area contributed by atoms with Gasteiger partial charge >= 0.3 is 114 Å². The summed E-state index contributed by atoms with van der Waals surface area (Å²) in [5, 5.41) is 33.4. The van der Waals surface area contributed by atoms with E-state index in [2.05, 4.69) is 394 Å². The zero-order chi connectivity index (χ0) is 80.8. The molecule has 0 rings (SSSR count). The molecule has 0 amide bonds. The largest absolute Gasteiger partial charge is 0 e. The monoisotopic (exact) mass is 2540 g/mol. The number of hydrogen-bond donors (Lipinski definition) is 4. The standard InChI is InChI=1S/C8H18O3S.C7H15N3.C7H17N.C7H16O.C7H14.C6H13N3O.C6H12O.C3H6I2.2C3H7I.C3H6O.C3H8.3C2H5.CH4.5HI.3V/c1-8(2,3)6-5-7-11-12(4,9)10;1-7(2,3)5-4-6-9-10-8;2*1-7(2,3)5-4-6-8;1-5-6-7(2,3)4;1-6(2,10)4-3-5-8-9-7;1-4-5-6(2,3)7;1-2-3(4)5;1-3(2)4;1-2-3-4;1-3(2)4;1-3-2;3*1-2;;;;;;;;;/h5-7H2,1-4H3;4-6H2,1-3H3;4-6,8H2,1-3H3;8H,4-6H2,1-3H3;5H,1,6H2,2-4H3;10H,3-5H2,1-2H3;4,7H,1,5H2,2-3H3;3H,2H2,1H3;3H,1-2H3;2-3H2,1H3;1-2H3;3H2,1-2H3;3*1H2,2H3;1H4;5*1H;;;/q;;;;;;;;;;;;3*-1;;;;;;;;+2;+3/p-5. The number of ketones is 1. The van der Waals surface area contributed by atoms with Crippen LogP contribution in [0.2, 0.25) is 0 Å². The molecular weight excluding hydrogens is 2380 g/mol. The average molecular weight is 2540 g/mol. The quantitative estimate of drug-likeness (QED) is 0.0105. The van der Waals surface area contributed by atoms with Crippen LogP contribution in [-0.4, -0.2) is 90.1 Å². The Bertz CT molecular complexity index is 1530. The van der Waals surface area contributed by atoms with Crippen LogP contribution >= 0.6 is 190 Å². The minimum atomic E-state index is -3.24. The first-order chi connectivity index (χ1) is 42.8. The third-order valence-corrected chi connectivity index (χ3v) is 11.3. The molecule has 0 fully saturated rings. The number of Topliss-reactive ketones (excluding diaryl/α,β-unsaturated/α-hetero) is 1. The van der Waals surface area contributed by atoms with Crippen LogP contribution in [0.1, 0.15) is 311 Å². The van der Waals surface area contributed by atoms with Crippen LogP contribution in [-0.2, 0) is 52.0 Å². The van der Waals surface area contributed by atoms with Gasteiger partial charge in [0.2, 0.25) is 0 Å². The summed E-state index contributed by atoms with van der Waals surface area (Å²) in [7, 11) is -2.61. The summed E-state index contributed by atoms with van der Waals surface area (Å²) < 4.78 is 28.6. The van der Waals surface area contributed by atoms with Gasteiger partial charge in [-0.05, 0) is 181 Å². The summed E-state index contributed by atoms with van der Waals surface area (Å²) in [6, 6.07) is 0. The third kappa shape index (κ3) is 409. The van der Waals surface area contributed by atoms with Gasteiger partial charge in [0.25, 0.3) is 10.1 Å². The Balaban J connectivity index is -0.0000000401. The molecule has 0 aliphatic heterocycles. The number of halogens is 9. The Kier molecular flexibility index (Phi) is 180. The molecule has 27 heteroatoms. The molecule has 0 unspecified atom stereocenters. The second kappa shape index (κ2) is 115. The Morgan fingerprint density at radius 3 is 0.990 bits per heavy atom. The van der Waals surface area contributed by atoms with Gasteiger partial charge in [-0.3, -0.25) is 4.18 Å². The average Bonchev–Trinajstić information content (AvgIpc) is 3.40. The predicted octanol–water partition coefficient (Wildman–Crippen LogP) is 30.1. The van der Waals surface area contributed by atoms with Crippen molar-refractivity contribution in [3.63, 3.8) is 0 Å². The number of aliphatic hydroxyl groups is 3. The van der Waals surface area contributed by atoms with Crippen molar-refractivity contribution < 1.29 is 65.7 Å². The van der Waals surface area contributed by atoms with Crippen molar-refractivity contribution in [1.29, 1.82) is 0 Å². The molecule has 0 saturated heterocycles. The number of carbonyl (C=O) groups excluding carboxylic acids is 1. The van der Waals surface area contributed by atoms with Crippen LogP contribution in [0, 0.1) is 47.8 Å². The summed E-state index contributed by atoms with van der Waals surface area (Å²) in [6.07, 6.45) is 20.1. The molecule has 0 spiro atoms. The second-order valence-electron chi connectivity index (χ2n) is 27.3. The normalized spacial score (nSPS) is 9.79. The molecule has 0 saturated carbocycles. The summed E-state index contributed by atoms with van der Waals surface area (Å²) in [6.45, 7) is 80.4. The molecule has 0 bridgehead atoms. The molecule has 602 valence electrons. The van der Waals surface area contributed by atoms with Crippen LogP contribution in [0.15, 0.2) is 35.5 Å². The van der Waals surface area contributed by atoms with Crippen LogP contribution in [0.25, 0.3) is 20.9 Å². The van der Waals surface area contributed by atoms with E-state index in [0.29, 0.717) is 70.3 Å². The number of alkyl halides is 4. The second-order valence-corrected chi connectivity index (χ2v) is 85.0. The van der Waals surface area contributed by atoms with Gasteiger partial charge in [0, 0.05) is 52.0 Å². The predicted molar refractivity (Wildman–Crippen MR) is 513 cm³/mol. The van der Waals surface area contributed by atoms with Gasteiger partial charge < -0.3 is 46.6 Å². The number of azide groups is 2. The first kappa shape index (κ1) is 152. The fourth-order valence-electron chi connectivity index (χ4n) is 4.19. The van der Waals surface area contributed by atoms with E-state index in [1.54, 1.807) is 54.5 Å². The van der Waals surface area contributed by atoms with Crippen LogP contribution in [0.4, 0.5) is 0 Å². The number of carbonyl (C=O) groups is 1. The van der Waals surface area contributed by atoms with E-state index in [4.69, 9.17) is 27.0 Å². The first-order valence-electron chi connectivity index (χ1n) is 32.4. The van der Waals surface area contributed by atoms with Crippen LogP contribution in [0.5, 0.6) is 0 Å². The van der Waals surface area contributed by atoms with Crippen molar-refractivity contribution in [1.82, 2.24) is 0 Å². The maximum absolute atomic E-state index is 10.5. The number of aliphatic hydroxyl groups excluding tert-OH is 1. The molecule has 0 atom stereocenters. The molecule has 0 aromatic rings. The summed E-state index contributed by atoms with van der Waals surface area (Å²) in [5.41, 5.74) is 21.9. The van der Waals surface area contributed by atoms with Crippen LogP contribution in [0.3, 0.4) is 0 Å². The minimum absolute atomic E-state index is 0. The molecule has 0 aromatic carbocycles. The van der Waals surface area contributed by atoms with Gasteiger partial charge in [-0.1, -0.05) is 272 Å². The SMILES string of the molecule is C.C=CCC(C)(C)C.C=CCC(C)(C)O.CC(C)(C)CCCN.CC(C)(C)CCCN=[N+]=[N-].CC(C)(C)CCCO.CC(C)(C)CCCOS(C)(=O)=O.CC(C)(O)CCCN=[N+]=[N-].CC(C)=O.CC(C)I.CCC.CCC(I)I.CCCI.[CH2-]C.[CH2-]C.[CH2-]C.[I][V]([I])[I].[I][V][I].[V]. The van der Waals surface area contributed by atoms with Crippen molar-refractivity contribution in [2.45, 2.75) is 329 Å². The first-order valence-corrected chi connectivity index (χ1v) is 62.0. The Morgan fingerprint density at radius 1 is 0.629 bits per heavy atom. The van der Waals surface area contributed by atoms with Crippen molar-refractivity contribution in [2.75, 3.05) is 43.5 Å². The fourth-order valence-corrected chi connectivity index (χ4v) is 4.61. The zero-order valence-corrected chi connectivity index (χ0v) is 91.5. The van der Waals surface area contributed by atoms with E-state index in [-0.39, 0.29) is 42.1 Å². The number of nitrogens with two attached hydrogens (primary N) is 1. The van der Waals surface area contributed by atoms with Gasteiger partial charge in [0.15, 0.2) is 0 Å². The van der Waals surface area contributed by atoms with E-state index in [0.717, 1.165) is 76.4 Å². The molecule has 0 aromatic heterocycles. The smallest absolute Gasteiger partial charge is 0 e. The Morgan fingerprint density at radius 2 is 0.866 bits per heavy atom. The van der Waals surface area contributed by atoms with Gasteiger partial charge in [-0.25, -0.2) is 0 Å². The fraction of sp³-hybridized carbons (Fsp3) is 0.886. The van der Waals surface area contributed by atoms with Crippen molar-refractivity contribution >= 4 is 206 Å². The molecule has 1 radical (unpaired) electrons. The van der Waals surface area contributed by atoms with E-state index >= 15 is 0 Å². The number of nitrogens with zero attached hydrogens (tertiary/aromatic N) is 6. The Hall–Kier alpha value is 5.84.